The molecule has 2 aromatic rings. The maximum atomic E-state index is 13.1. The van der Waals surface area contributed by atoms with Gasteiger partial charge in [-0.2, -0.15) is 0 Å². The largest absolute Gasteiger partial charge is 0.351 e. The third kappa shape index (κ3) is 5.85. The second-order valence-corrected chi connectivity index (χ2v) is 9.08. The Bertz CT molecular complexity index is 930. The van der Waals surface area contributed by atoms with Gasteiger partial charge in [0.15, 0.2) is 0 Å². The fourth-order valence-corrected chi connectivity index (χ4v) is 4.12. The molecule has 8 heteroatoms. The van der Waals surface area contributed by atoms with Crippen LogP contribution in [-0.2, 0) is 21.4 Å². The Labute approximate surface area is 172 Å². The lowest BCUT2D eigenvalue weighted by Crippen LogP contribution is -2.38. The van der Waals surface area contributed by atoms with Crippen LogP contribution in [0.1, 0.15) is 31.0 Å². The minimum atomic E-state index is -3.60. The van der Waals surface area contributed by atoms with E-state index in [2.05, 4.69) is 5.32 Å². The summed E-state index contributed by atoms with van der Waals surface area (Å²) >= 11 is 0. The van der Waals surface area contributed by atoms with E-state index < -0.39 is 10.0 Å². The first kappa shape index (κ1) is 23.0. The molecule has 29 heavy (non-hydrogen) atoms. The van der Waals surface area contributed by atoms with Gasteiger partial charge in [0.05, 0.1) is 11.4 Å². The molecule has 2 aromatic carbocycles. The van der Waals surface area contributed by atoms with E-state index in [0.29, 0.717) is 12.1 Å². The Hall–Kier alpha value is -2.29. The van der Waals surface area contributed by atoms with Gasteiger partial charge in [-0.15, -0.1) is 0 Å². The van der Waals surface area contributed by atoms with Gasteiger partial charge in [0.25, 0.3) is 0 Å². The lowest BCUT2D eigenvalue weighted by Gasteiger charge is -2.27. The van der Waals surface area contributed by atoms with Crippen molar-refractivity contribution in [1.29, 1.82) is 0 Å². The van der Waals surface area contributed by atoms with Crippen LogP contribution in [0.2, 0.25) is 0 Å². The number of nitrogens with zero attached hydrogens (tertiary/aromatic N) is 2. The van der Waals surface area contributed by atoms with Crippen LogP contribution in [0.15, 0.2) is 53.4 Å². The van der Waals surface area contributed by atoms with Gasteiger partial charge in [-0.3, -0.25) is 9.69 Å². The molecule has 158 valence electrons. The molecule has 0 fully saturated rings. The van der Waals surface area contributed by atoms with Gasteiger partial charge in [0, 0.05) is 26.7 Å². The molecule has 0 heterocycles. The highest BCUT2D eigenvalue weighted by Gasteiger charge is 2.21. The van der Waals surface area contributed by atoms with E-state index in [1.165, 1.54) is 32.3 Å². The maximum absolute atomic E-state index is 13.1. The van der Waals surface area contributed by atoms with Crippen LogP contribution in [0.3, 0.4) is 0 Å². The van der Waals surface area contributed by atoms with Gasteiger partial charge in [0.1, 0.15) is 5.82 Å². The number of likely N-dealkylation sites (N-methyl/N-ethyl adjacent to an activating group) is 1. The van der Waals surface area contributed by atoms with Crippen molar-refractivity contribution in [1.82, 2.24) is 14.5 Å². The number of benzene rings is 2. The second-order valence-electron chi connectivity index (χ2n) is 6.96. The highest BCUT2D eigenvalue weighted by Crippen LogP contribution is 2.20. The van der Waals surface area contributed by atoms with Crippen LogP contribution >= 0.6 is 0 Å². The van der Waals surface area contributed by atoms with E-state index in [-0.39, 0.29) is 35.8 Å². The van der Waals surface area contributed by atoms with E-state index in [1.807, 2.05) is 18.7 Å². The quantitative estimate of drug-likeness (QED) is 0.676. The Kier molecular flexibility index (Phi) is 7.89. The normalized spacial score (nSPS) is 12.9. The molecule has 0 aliphatic carbocycles. The van der Waals surface area contributed by atoms with Crippen LogP contribution in [-0.4, -0.2) is 50.7 Å². The molecule has 6 nitrogen and oxygen atoms in total. The number of amides is 1. The number of carbonyl (C=O) groups excluding carboxylic acids is 1. The van der Waals surface area contributed by atoms with Crippen molar-refractivity contribution in [3.63, 3.8) is 0 Å². The fraction of sp³-hybridized carbons (Fsp3) is 0.381. The summed E-state index contributed by atoms with van der Waals surface area (Å²) < 4.78 is 39.2. The Morgan fingerprint density at radius 2 is 1.72 bits per heavy atom. The third-order valence-electron chi connectivity index (χ3n) is 4.86. The number of hydrogen-bond acceptors (Lipinski definition) is 4. The van der Waals surface area contributed by atoms with Crippen LogP contribution in [0.4, 0.5) is 4.39 Å². The number of hydrogen-bond donors (Lipinski definition) is 1. The number of nitrogens with one attached hydrogen (secondary N) is 1. The predicted molar refractivity (Wildman–Crippen MR) is 111 cm³/mol. The monoisotopic (exact) mass is 421 g/mol. The molecule has 2 rings (SSSR count). The summed E-state index contributed by atoms with van der Waals surface area (Å²) in [5, 5.41) is 2.81. The highest BCUT2D eigenvalue weighted by atomic mass is 32.2. The van der Waals surface area contributed by atoms with Crippen LogP contribution < -0.4 is 5.32 Å². The third-order valence-corrected chi connectivity index (χ3v) is 6.78. The summed E-state index contributed by atoms with van der Waals surface area (Å²) in [6.45, 7) is 4.81. The number of rotatable bonds is 9. The summed E-state index contributed by atoms with van der Waals surface area (Å²) in [4.78, 5) is 14.6. The van der Waals surface area contributed by atoms with E-state index in [9.17, 15) is 17.6 Å². The first-order valence-corrected chi connectivity index (χ1v) is 10.9. The van der Waals surface area contributed by atoms with Gasteiger partial charge in [-0.05, 0) is 42.8 Å². The average molecular weight is 422 g/mol. The summed E-state index contributed by atoms with van der Waals surface area (Å²) in [5.74, 6) is -0.508. The topological polar surface area (TPSA) is 69.7 Å². The fourth-order valence-electron chi connectivity index (χ4n) is 3.01. The second kappa shape index (κ2) is 9.96. The Morgan fingerprint density at radius 1 is 1.10 bits per heavy atom. The van der Waals surface area contributed by atoms with Crippen molar-refractivity contribution in [3.05, 3.63) is 65.5 Å². The molecular weight excluding hydrogens is 393 g/mol. The SMILES string of the molecule is CCN(CC(=O)NCc1ccccc1S(=O)(=O)N(C)C)C(C)c1ccc(F)cc1. The lowest BCUT2D eigenvalue weighted by atomic mass is 10.1. The molecule has 0 aliphatic heterocycles. The maximum Gasteiger partial charge on any atom is 0.242 e. The average Bonchev–Trinajstić information content (AvgIpc) is 2.70. The van der Waals surface area contributed by atoms with Crippen molar-refractivity contribution in [3.8, 4) is 0 Å². The van der Waals surface area contributed by atoms with Gasteiger partial charge in [-0.1, -0.05) is 37.3 Å². The van der Waals surface area contributed by atoms with Crippen molar-refractivity contribution >= 4 is 15.9 Å². The zero-order chi connectivity index (χ0) is 21.6. The standard InChI is InChI=1S/C21H28FN3O3S/c1-5-25(16(2)17-10-12-19(22)13-11-17)15-21(26)23-14-18-8-6-7-9-20(18)29(27,28)24(3)4/h6-13,16H,5,14-15H2,1-4H3,(H,23,26). The van der Waals surface area contributed by atoms with Crippen LogP contribution in [0, 0.1) is 5.82 Å². The minimum Gasteiger partial charge on any atom is -0.351 e. The molecule has 1 unspecified atom stereocenters. The number of carbonyl (C=O) groups is 1. The molecular formula is C21H28FN3O3S. The molecule has 1 N–H and O–H groups in total. The van der Waals surface area contributed by atoms with Crippen LogP contribution in [0.25, 0.3) is 0 Å². The van der Waals surface area contributed by atoms with Gasteiger partial charge in [-0.25, -0.2) is 17.1 Å². The molecule has 0 aromatic heterocycles. The zero-order valence-corrected chi connectivity index (χ0v) is 18.0. The lowest BCUT2D eigenvalue weighted by molar-refractivity contribution is -0.122. The molecule has 0 saturated carbocycles. The summed E-state index contributed by atoms with van der Waals surface area (Å²) in [6.07, 6.45) is 0. The Balaban J connectivity index is 2.05. The minimum absolute atomic E-state index is 0.0623. The molecule has 1 atom stereocenters. The van der Waals surface area contributed by atoms with E-state index >= 15 is 0 Å². The van der Waals surface area contributed by atoms with Gasteiger partial charge >= 0.3 is 0 Å². The van der Waals surface area contributed by atoms with Crippen molar-refractivity contribution in [2.45, 2.75) is 31.3 Å². The zero-order valence-electron chi connectivity index (χ0n) is 17.2. The van der Waals surface area contributed by atoms with E-state index in [4.69, 9.17) is 0 Å². The number of halogens is 1. The molecule has 0 saturated heterocycles. The van der Waals surface area contributed by atoms with E-state index in [0.717, 1.165) is 9.87 Å². The van der Waals surface area contributed by atoms with Gasteiger partial charge < -0.3 is 5.32 Å². The summed E-state index contributed by atoms with van der Waals surface area (Å²) in [5.41, 5.74) is 1.45. The van der Waals surface area contributed by atoms with Crippen molar-refractivity contribution in [2.75, 3.05) is 27.2 Å². The first-order valence-electron chi connectivity index (χ1n) is 9.43. The van der Waals surface area contributed by atoms with Crippen molar-refractivity contribution in [2.24, 2.45) is 0 Å². The van der Waals surface area contributed by atoms with Crippen molar-refractivity contribution < 1.29 is 17.6 Å². The molecule has 0 radical (unpaired) electrons. The summed E-state index contributed by atoms with van der Waals surface area (Å²) in [6, 6.07) is 12.8. The molecule has 0 spiro atoms. The summed E-state index contributed by atoms with van der Waals surface area (Å²) in [7, 11) is -0.649. The van der Waals surface area contributed by atoms with Crippen LogP contribution in [0.5, 0.6) is 0 Å². The molecule has 0 bridgehead atoms. The molecule has 0 aliphatic rings. The number of sulfonamides is 1. The molecule has 1 amide bonds. The van der Waals surface area contributed by atoms with Gasteiger partial charge in [0.2, 0.25) is 15.9 Å². The Morgan fingerprint density at radius 3 is 2.31 bits per heavy atom. The highest BCUT2D eigenvalue weighted by molar-refractivity contribution is 7.89. The van der Waals surface area contributed by atoms with E-state index in [1.54, 1.807) is 30.3 Å². The predicted octanol–water partition coefficient (Wildman–Crippen LogP) is 2.78. The first-order chi connectivity index (χ1) is 13.7. The smallest absolute Gasteiger partial charge is 0.242 e.